The summed E-state index contributed by atoms with van der Waals surface area (Å²) in [6, 6.07) is 5.57. The van der Waals surface area contributed by atoms with E-state index in [0.29, 0.717) is 5.56 Å². The molecule has 84 valence electrons. The Labute approximate surface area is 93.2 Å². The molecule has 4 nitrogen and oxygen atoms in total. The van der Waals surface area contributed by atoms with Gasteiger partial charge in [0.2, 0.25) is 0 Å². The molecule has 0 bridgehead atoms. The second kappa shape index (κ2) is 5.70. The first-order valence-corrected chi connectivity index (χ1v) is 4.84. The van der Waals surface area contributed by atoms with E-state index in [2.05, 4.69) is 0 Å². The quantitative estimate of drug-likeness (QED) is 0.625. The molecule has 1 aromatic rings. The Morgan fingerprint density at radius 3 is 2.31 bits per heavy atom. The molecule has 0 aliphatic rings. The van der Waals surface area contributed by atoms with Crippen LogP contribution in [0.15, 0.2) is 36.6 Å². The van der Waals surface area contributed by atoms with Crippen LogP contribution in [0.1, 0.15) is 34.1 Å². The SMILES string of the molecule is CCC=COC(=O)c1ccc(C(=O)O)cc1. The second-order valence-corrected chi connectivity index (χ2v) is 3.07. The number of benzene rings is 1. The normalized spacial score (nSPS) is 10.3. The number of carboxylic acid groups (broad SMARTS) is 1. The molecule has 1 aromatic carbocycles. The summed E-state index contributed by atoms with van der Waals surface area (Å²) in [4.78, 5) is 21.9. The lowest BCUT2D eigenvalue weighted by molar-refractivity contribution is 0.0656. The van der Waals surface area contributed by atoms with E-state index in [1.165, 1.54) is 30.5 Å². The highest BCUT2D eigenvalue weighted by molar-refractivity contribution is 5.92. The second-order valence-electron chi connectivity index (χ2n) is 3.07. The van der Waals surface area contributed by atoms with Crippen molar-refractivity contribution in [1.29, 1.82) is 0 Å². The third kappa shape index (κ3) is 3.24. The molecule has 0 unspecified atom stereocenters. The number of carboxylic acids is 1. The van der Waals surface area contributed by atoms with Crippen molar-refractivity contribution in [2.45, 2.75) is 13.3 Å². The summed E-state index contributed by atoms with van der Waals surface area (Å²) < 4.78 is 4.80. The van der Waals surface area contributed by atoms with Gasteiger partial charge in [-0.15, -0.1) is 0 Å². The van der Waals surface area contributed by atoms with E-state index in [9.17, 15) is 9.59 Å². The van der Waals surface area contributed by atoms with Crippen molar-refractivity contribution in [2.75, 3.05) is 0 Å². The maximum atomic E-state index is 11.4. The Morgan fingerprint density at radius 2 is 1.81 bits per heavy atom. The van der Waals surface area contributed by atoms with Crippen LogP contribution < -0.4 is 0 Å². The van der Waals surface area contributed by atoms with Crippen LogP contribution >= 0.6 is 0 Å². The minimum absolute atomic E-state index is 0.139. The minimum Gasteiger partial charge on any atom is -0.478 e. The van der Waals surface area contributed by atoms with Crippen molar-refractivity contribution in [2.24, 2.45) is 0 Å². The third-order valence-corrected chi connectivity index (χ3v) is 1.87. The van der Waals surface area contributed by atoms with Crippen LogP contribution in [0, 0.1) is 0 Å². The van der Waals surface area contributed by atoms with Crippen LogP contribution in [-0.4, -0.2) is 17.0 Å². The number of carbonyl (C=O) groups excluding carboxylic acids is 1. The molecule has 0 amide bonds. The Morgan fingerprint density at radius 1 is 1.25 bits per heavy atom. The van der Waals surface area contributed by atoms with Crippen LogP contribution in [0.5, 0.6) is 0 Å². The number of carbonyl (C=O) groups is 2. The monoisotopic (exact) mass is 220 g/mol. The summed E-state index contributed by atoms with van der Waals surface area (Å²) in [5, 5.41) is 8.66. The highest BCUT2D eigenvalue weighted by atomic mass is 16.5. The van der Waals surface area contributed by atoms with Gasteiger partial charge in [-0.3, -0.25) is 0 Å². The number of rotatable bonds is 4. The molecule has 4 heteroatoms. The van der Waals surface area contributed by atoms with Gasteiger partial charge in [0.15, 0.2) is 0 Å². The fourth-order valence-electron chi connectivity index (χ4n) is 1.02. The van der Waals surface area contributed by atoms with Crippen molar-refractivity contribution in [3.8, 4) is 0 Å². The first-order valence-electron chi connectivity index (χ1n) is 4.84. The number of esters is 1. The number of hydrogen-bond donors (Lipinski definition) is 1. The van der Waals surface area contributed by atoms with Crippen molar-refractivity contribution in [3.63, 3.8) is 0 Å². The third-order valence-electron chi connectivity index (χ3n) is 1.87. The topological polar surface area (TPSA) is 63.6 Å². The van der Waals surface area contributed by atoms with E-state index in [1.807, 2.05) is 6.92 Å². The summed E-state index contributed by atoms with van der Waals surface area (Å²) in [7, 11) is 0. The molecule has 0 heterocycles. The summed E-state index contributed by atoms with van der Waals surface area (Å²) in [5.41, 5.74) is 0.464. The Kier molecular flexibility index (Phi) is 4.27. The minimum atomic E-state index is -1.02. The Hall–Kier alpha value is -2.10. The van der Waals surface area contributed by atoms with E-state index in [-0.39, 0.29) is 5.56 Å². The fraction of sp³-hybridized carbons (Fsp3) is 0.167. The first kappa shape index (κ1) is 12.0. The molecule has 0 saturated heterocycles. The maximum absolute atomic E-state index is 11.4. The van der Waals surface area contributed by atoms with Gasteiger partial charge in [-0.25, -0.2) is 9.59 Å². The van der Waals surface area contributed by atoms with Gasteiger partial charge in [-0.05, 0) is 36.8 Å². The van der Waals surface area contributed by atoms with E-state index >= 15 is 0 Å². The van der Waals surface area contributed by atoms with Crippen LogP contribution in [0.2, 0.25) is 0 Å². The highest BCUT2D eigenvalue weighted by Crippen LogP contribution is 2.06. The smallest absolute Gasteiger partial charge is 0.342 e. The van der Waals surface area contributed by atoms with E-state index in [4.69, 9.17) is 9.84 Å². The van der Waals surface area contributed by atoms with Crippen LogP contribution in [-0.2, 0) is 4.74 Å². The molecule has 0 aromatic heterocycles. The molecular formula is C12H12O4. The molecule has 0 saturated carbocycles. The molecule has 0 fully saturated rings. The van der Waals surface area contributed by atoms with E-state index < -0.39 is 11.9 Å². The predicted octanol–water partition coefficient (Wildman–Crippen LogP) is 2.47. The molecule has 0 spiro atoms. The van der Waals surface area contributed by atoms with Crippen molar-refractivity contribution in [3.05, 3.63) is 47.7 Å². The zero-order valence-electron chi connectivity index (χ0n) is 8.84. The summed E-state index contributed by atoms with van der Waals surface area (Å²) >= 11 is 0. The number of aromatic carboxylic acids is 1. The molecular weight excluding hydrogens is 208 g/mol. The van der Waals surface area contributed by atoms with Gasteiger partial charge in [0, 0.05) is 0 Å². The molecule has 16 heavy (non-hydrogen) atoms. The zero-order valence-corrected chi connectivity index (χ0v) is 8.84. The lowest BCUT2D eigenvalue weighted by Crippen LogP contribution is -2.02. The molecule has 0 atom stereocenters. The van der Waals surface area contributed by atoms with Gasteiger partial charge in [-0.1, -0.05) is 6.92 Å². The standard InChI is InChI=1S/C12H12O4/c1-2-3-8-16-12(15)10-6-4-9(5-7-10)11(13)14/h3-8H,2H2,1H3,(H,13,14). The van der Waals surface area contributed by atoms with Crippen LogP contribution in [0.3, 0.4) is 0 Å². The van der Waals surface area contributed by atoms with Crippen molar-refractivity contribution < 1.29 is 19.4 Å². The summed E-state index contributed by atoms with van der Waals surface area (Å²) in [6.45, 7) is 1.92. The van der Waals surface area contributed by atoms with Gasteiger partial charge in [0.1, 0.15) is 0 Å². The van der Waals surface area contributed by atoms with E-state index in [1.54, 1.807) is 6.08 Å². The molecule has 0 radical (unpaired) electrons. The molecule has 0 aliphatic heterocycles. The average molecular weight is 220 g/mol. The number of ether oxygens (including phenoxy) is 1. The lowest BCUT2D eigenvalue weighted by atomic mass is 10.1. The van der Waals surface area contributed by atoms with Crippen molar-refractivity contribution >= 4 is 11.9 Å². The number of hydrogen-bond acceptors (Lipinski definition) is 3. The highest BCUT2D eigenvalue weighted by Gasteiger charge is 2.07. The van der Waals surface area contributed by atoms with Gasteiger partial charge in [-0.2, -0.15) is 0 Å². The van der Waals surface area contributed by atoms with Gasteiger partial charge in [0.25, 0.3) is 0 Å². The molecule has 1 N–H and O–H groups in total. The maximum Gasteiger partial charge on any atom is 0.342 e. The lowest BCUT2D eigenvalue weighted by Gasteiger charge is -1.99. The molecule has 0 aliphatic carbocycles. The predicted molar refractivity (Wildman–Crippen MR) is 58.2 cm³/mol. The van der Waals surface area contributed by atoms with Crippen molar-refractivity contribution in [1.82, 2.24) is 0 Å². The fourth-order valence-corrected chi connectivity index (χ4v) is 1.02. The van der Waals surface area contributed by atoms with E-state index in [0.717, 1.165) is 6.42 Å². The van der Waals surface area contributed by atoms with Gasteiger partial charge >= 0.3 is 11.9 Å². The van der Waals surface area contributed by atoms with Gasteiger partial charge in [0.05, 0.1) is 17.4 Å². The van der Waals surface area contributed by atoms with Gasteiger partial charge < -0.3 is 9.84 Å². The largest absolute Gasteiger partial charge is 0.478 e. The average Bonchev–Trinajstić information content (AvgIpc) is 2.29. The Bertz CT molecular complexity index is 404. The zero-order chi connectivity index (χ0) is 12.0. The van der Waals surface area contributed by atoms with Crippen LogP contribution in [0.25, 0.3) is 0 Å². The first-order chi connectivity index (χ1) is 7.65. The Balaban J connectivity index is 2.70. The summed E-state index contributed by atoms with van der Waals surface area (Å²) in [5.74, 6) is -1.52. The molecule has 1 rings (SSSR count). The van der Waals surface area contributed by atoms with Crippen LogP contribution in [0.4, 0.5) is 0 Å². The summed E-state index contributed by atoms with van der Waals surface area (Å²) in [6.07, 6.45) is 3.82. The number of allylic oxidation sites excluding steroid dienone is 1.